The van der Waals surface area contributed by atoms with Gasteiger partial charge in [-0.05, 0) is 36.3 Å². The first-order valence-electron chi connectivity index (χ1n) is 7.87. The largest absolute Gasteiger partial charge is 0.465 e. The molecule has 0 fully saturated rings. The molecule has 0 atom stereocenters. The van der Waals surface area contributed by atoms with Gasteiger partial charge in [-0.1, -0.05) is 60.2 Å². The number of rotatable bonds is 5. The summed E-state index contributed by atoms with van der Waals surface area (Å²) in [4.78, 5) is 12.7. The van der Waals surface area contributed by atoms with Crippen LogP contribution in [0.4, 0.5) is 0 Å². The van der Waals surface area contributed by atoms with E-state index in [0.29, 0.717) is 17.9 Å². The number of nitrogens with one attached hydrogen (secondary N) is 1. The highest BCUT2D eigenvalue weighted by atomic mass is 16.3. The quantitative estimate of drug-likeness (QED) is 0.707. The number of carbonyl (C=O) groups excluding carboxylic acids is 1. The molecule has 1 N–H and O–H groups in total. The summed E-state index contributed by atoms with van der Waals surface area (Å²) in [5.41, 5.74) is 3.69. The molecule has 1 heterocycles. The van der Waals surface area contributed by atoms with Crippen molar-refractivity contribution in [3.8, 4) is 0 Å². The first-order chi connectivity index (χ1) is 11.7. The molecule has 0 saturated heterocycles. The number of furan rings is 1. The van der Waals surface area contributed by atoms with Crippen molar-refractivity contribution in [3.63, 3.8) is 0 Å². The van der Waals surface area contributed by atoms with Crippen molar-refractivity contribution in [3.05, 3.63) is 95.4 Å². The summed E-state index contributed by atoms with van der Waals surface area (Å²) >= 11 is 0. The Morgan fingerprint density at radius 3 is 2.58 bits per heavy atom. The lowest BCUT2D eigenvalue weighted by Gasteiger charge is -2.10. The molecular weight excluding hydrogens is 298 g/mol. The van der Waals surface area contributed by atoms with Gasteiger partial charge in [0.05, 0.1) is 11.8 Å². The molecule has 3 rings (SSSR count). The molecule has 0 aliphatic heterocycles. The van der Waals surface area contributed by atoms with E-state index < -0.39 is 0 Å². The smallest absolute Gasteiger partial charge is 0.252 e. The van der Waals surface area contributed by atoms with Gasteiger partial charge in [0.15, 0.2) is 0 Å². The summed E-state index contributed by atoms with van der Waals surface area (Å²) in [7, 11) is 0. The predicted molar refractivity (Wildman–Crippen MR) is 96.0 cm³/mol. The molecule has 3 nitrogen and oxygen atoms in total. The number of hydrogen-bond acceptors (Lipinski definition) is 2. The summed E-state index contributed by atoms with van der Waals surface area (Å²) in [6.45, 7) is 2.53. The molecule has 0 unspecified atom stereocenters. The molecule has 0 aliphatic carbocycles. The Bertz CT molecular complexity index is 833. The highest BCUT2D eigenvalue weighted by Gasteiger charge is 2.12. The van der Waals surface area contributed by atoms with Crippen molar-refractivity contribution in [1.29, 1.82) is 0 Å². The van der Waals surface area contributed by atoms with Gasteiger partial charge in [0.2, 0.25) is 0 Å². The maximum absolute atomic E-state index is 12.7. The van der Waals surface area contributed by atoms with Crippen molar-refractivity contribution in [2.45, 2.75) is 13.5 Å². The van der Waals surface area contributed by atoms with Gasteiger partial charge in [-0.25, -0.2) is 0 Å². The summed E-state index contributed by atoms with van der Waals surface area (Å²) < 4.78 is 5.36. The van der Waals surface area contributed by atoms with E-state index in [-0.39, 0.29) is 5.91 Å². The lowest BCUT2D eigenvalue weighted by molar-refractivity contribution is -0.115. The number of benzene rings is 2. The Hall–Kier alpha value is -3.07. The third kappa shape index (κ3) is 4.02. The van der Waals surface area contributed by atoms with E-state index in [2.05, 4.69) is 11.4 Å². The van der Waals surface area contributed by atoms with E-state index in [9.17, 15) is 4.79 Å². The summed E-state index contributed by atoms with van der Waals surface area (Å²) in [5, 5.41) is 2.99. The zero-order valence-electron chi connectivity index (χ0n) is 13.5. The maximum Gasteiger partial charge on any atom is 0.252 e. The summed E-state index contributed by atoms with van der Waals surface area (Å²) in [5.74, 6) is 0.527. The average molecular weight is 317 g/mol. The van der Waals surface area contributed by atoms with Crippen LogP contribution in [0.2, 0.25) is 0 Å². The van der Waals surface area contributed by atoms with E-state index in [4.69, 9.17) is 4.42 Å². The molecule has 1 aromatic heterocycles. The van der Waals surface area contributed by atoms with Crippen molar-refractivity contribution < 1.29 is 9.21 Å². The fourth-order valence-electron chi connectivity index (χ4n) is 2.51. The molecule has 1 amide bonds. The minimum atomic E-state index is -0.126. The van der Waals surface area contributed by atoms with Crippen LogP contribution in [-0.4, -0.2) is 5.91 Å². The molecule has 3 heteroatoms. The monoisotopic (exact) mass is 317 g/mol. The van der Waals surface area contributed by atoms with Crippen molar-refractivity contribution in [2.75, 3.05) is 0 Å². The maximum atomic E-state index is 12.7. The van der Waals surface area contributed by atoms with Crippen molar-refractivity contribution in [2.24, 2.45) is 0 Å². The van der Waals surface area contributed by atoms with E-state index >= 15 is 0 Å². The first kappa shape index (κ1) is 15.8. The number of aryl methyl sites for hydroxylation is 1. The predicted octanol–water partition coefficient (Wildman–Crippen LogP) is 4.45. The van der Waals surface area contributed by atoms with E-state index in [1.807, 2.05) is 61.5 Å². The second-order valence-electron chi connectivity index (χ2n) is 5.61. The Kier molecular flexibility index (Phi) is 4.92. The van der Waals surface area contributed by atoms with Crippen LogP contribution in [0.3, 0.4) is 0 Å². The Morgan fingerprint density at radius 1 is 1.04 bits per heavy atom. The highest BCUT2D eigenvalue weighted by Crippen LogP contribution is 2.19. The zero-order valence-corrected chi connectivity index (χ0v) is 13.5. The number of amides is 1. The third-order valence-electron chi connectivity index (χ3n) is 3.69. The highest BCUT2D eigenvalue weighted by molar-refractivity contribution is 6.23. The molecule has 0 spiro atoms. The molecule has 0 radical (unpaired) electrons. The van der Waals surface area contributed by atoms with Crippen LogP contribution >= 0.6 is 0 Å². The van der Waals surface area contributed by atoms with E-state index in [1.165, 1.54) is 5.56 Å². The minimum absolute atomic E-state index is 0.126. The standard InChI is InChI=1S/C21H19NO2/c1-16-7-5-8-17(13-16)15-22-21(23)20(14-19-11-6-12-24-19)18-9-3-2-4-10-18/h2-14H,15H2,1H3,(H,22,23)/b20-14+. The van der Waals surface area contributed by atoms with Gasteiger partial charge in [0, 0.05) is 6.54 Å². The van der Waals surface area contributed by atoms with Gasteiger partial charge in [0.25, 0.3) is 5.91 Å². The fourth-order valence-corrected chi connectivity index (χ4v) is 2.51. The van der Waals surface area contributed by atoms with Crippen LogP contribution in [0.15, 0.2) is 77.4 Å². The second-order valence-corrected chi connectivity index (χ2v) is 5.61. The van der Waals surface area contributed by atoms with Crippen molar-refractivity contribution >= 4 is 17.6 Å². The van der Waals surface area contributed by atoms with E-state index in [1.54, 1.807) is 18.4 Å². The van der Waals surface area contributed by atoms with Crippen LogP contribution in [0.1, 0.15) is 22.5 Å². The van der Waals surface area contributed by atoms with E-state index in [0.717, 1.165) is 11.1 Å². The van der Waals surface area contributed by atoms with Crippen molar-refractivity contribution in [1.82, 2.24) is 5.32 Å². The SMILES string of the molecule is Cc1cccc(CNC(=O)/C(=C/c2ccco2)c2ccccc2)c1. The first-order valence-corrected chi connectivity index (χ1v) is 7.87. The Morgan fingerprint density at radius 2 is 1.88 bits per heavy atom. The van der Waals surface area contributed by atoms with Gasteiger partial charge in [-0.15, -0.1) is 0 Å². The third-order valence-corrected chi connectivity index (χ3v) is 3.69. The molecule has 3 aromatic rings. The Labute approximate surface area is 141 Å². The normalized spacial score (nSPS) is 11.3. The summed E-state index contributed by atoms with van der Waals surface area (Å²) in [6, 6.07) is 21.3. The minimum Gasteiger partial charge on any atom is -0.465 e. The van der Waals surface area contributed by atoms with Crippen LogP contribution < -0.4 is 5.32 Å². The zero-order chi connectivity index (χ0) is 16.8. The summed E-state index contributed by atoms with van der Waals surface area (Å²) in [6.07, 6.45) is 3.36. The van der Waals surface area contributed by atoms with Gasteiger partial charge >= 0.3 is 0 Å². The fraction of sp³-hybridized carbons (Fsp3) is 0.0952. The second kappa shape index (κ2) is 7.47. The topological polar surface area (TPSA) is 42.2 Å². The molecule has 0 aliphatic rings. The lowest BCUT2D eigenvalue weighted by atomic mass is 10.0. The van der Waals surface area contributed by atoms with Crippen LogP contribution in [-0.2, 0) is 11.3 Å². The molecule has 2 aromatic carbocycles. The van der Waals surface area contributed by atoms with Crippen LogP contribution in [0.25, 0.3) is 11.6 Å². The number of hydrogen-bond donors (Lipinski definition) is 1. The van der Waals surface area contributed by atoms with Gasteiger partial charge in [-0.2, -0.15) is 0 Å². The van der Waals surface area contributed by atoms with Gasteiger partial charge in [0.1, 0.15) is 5.76 Å². The molecule has 0 bridgehead atoms. The molecule has 0 saturated carbocycles. The van der Waals surface area contributed by atoms with Gasteiger partial charge < -0.3 is 9.73 Å². The van der Waals surface area contributed by atoms with Gasteiger partial charge in [-0.3, -0.25) is 4.79 Å². The number of carbonyl (C=O) groups is 1. The molecule has 24 heavy (non-hydrogen) atoms. The lowest BCUT2D eigenvalue weighted by Crippen LogP contribution is -2.23. The average Bonchev–Trinajstić information content (AvgIpc) is 3.12. The van der Waals surface area contributed by atoms with Crippen LogP contribution in [0.5, 0.6) is 0 Å². The van der Waals surface area contributed by atoms with Crippen LogP contribution in [0, 0.1) is 6.92 Å². The molecule has 120 valence electrons. The Balaban J connectivity index is 1.81. The molecular formula is C21H19NO2.